The maximum absolute atomic E-state index is 5.26. The van der Waals surface area contributed by atoms with Crippen LogP contribution in [0.25, 0.3) is 10.9 Å². The van der Waals surface area contributed by atoms with E-state index in [1.807, 2.05) is 6.07 Å². The molecule has 0 unspecified atom stereocenters. The average molecular weight is 244 g/mol. The summed E-state index contributed by atoms with van der Waals surface area (Å²) in [7, 11) is 1.71. The van der Waals surface area contributed by atoms with Gasteiger partial charge >= 0.3 is 0 Å². The highest BCUT2D eigenvalue weighted by Gasteiger charge is 2.11. The Kier molecular flexibility index (Phi) is 3.24. The third-order valence-electron chi connectivity index (χ3n) is 3.83. The largest absolute Gasteiger partial charge is 0.497 e. The van der Waals surface area contributed by atoms with Crippen LogP contribution in [0.2, 0.25) is 0 Å². The van der Waals surface area contributed by atoms with Crippen LogP contribution >= 0.6 is 0 Å². The van der Waals surface area contributed by atoms with Crippen molar-refractivity contribution in [2.24, 2.45) is 0 Å². The molecule has 2 aromatic rings. The van der Waals surface area contributed by atoms with Gasteiger partial charge in [-0.25, -0.2) is 0 Å². The third kappa shape index (κ3) is 2.23. The lowest BCUT2D eigenvalue weighted by molar-refractivity contribution is 0.324. The number of hydrogen-bond acceptors (Lipinski definition) is 2. The first-order valence-corrected chi connectivity index (χ1v) is 6.72. The number of benzene rings is 1. The highest BCUT2D eigenvalue weighted by Crippen LogP contribution is 2.22. The van der Waals surface area contributed by atoms with E-state index in [4.69, 9.17) is 4.74 Å². The second kappa shape index (κ2) is 5.02. The Morgan fingerprint density at radius 1 is 1.11 bits per heavy atom. The number of methoxy groups -OCH3 is 1. The van der Waals surface area contributed by atoms with Crippen molar-refractivity contribution in [3.8, 4) is 5.75 Å². The monoisotopic (exact) mass is 244 g/mol. The summed E-state index contributed by atoms with van der Waals surface area (Å²) in [5.74, 6) is 0.930. The van der Waals surface area contributed by atoms with Crippen molar-refractivity contribution in [3.05, 3.63) is 30.5 Å². The summed E-state index contributed by atoms with van der Waals surface area (Å²) < 4.78 is 7.60. The summed E-state index contributed by atoms with van der Waals surface area (Å²) in [6.45, 7) is 4.78. The zero-order chi connectivity index (χ0) is 12.4. The maximum Gasteiger partial charge on any atom is 0.119 e. The Labute approximate surface area is 108 Å². The first kappa shape index (κ1) is 11.6. The molecule has 18 heavy (non-hydrogen) atoms. The summed E-state index contributed by atoms with van der Waals surface area (Å²) in [6.07, 6.45) is 4.91. The van der Waals surface area contributed by atoms with Crippen molar-refractivity contribution in [3.63, 3.8) is 0 Å². The fourth-order valence-corrected chi connectivity index (χ4v) is 2.76. The van der Waals surface area contributed by atoms with Gasteiger partial charge in [-0.05, 0) is 50.2 Å². The third-order valence-corrected chi connectivity index (χ3v) is 3.83. The normalized spacial score (nSPS) is 16.5. The van der Waals surface area contributed by atoms with Gasteiger partial charge < -0.3 is 14.2 Å². The summed E-state index contributed by atoms with van der Waals surface area (Å²) in [5.41, 5.74) is 1.30. The van der Waals surface area contributed by atoms with E-state index in [0.717, 1.165) is 18.8 Å². The number of fused-ring (bicyclic) bond motifs is 1. The first-order valence-electron chi connectivity index (χ1n) is 6.72. The lowest BCUT2D eigenvalue weighted by Crippen LogP contribution is -2.23. The van der Waals surface area contributed by atoms with Gasteiger partial charge in [0.1, 0.15) is 5.75 Å². The van der Waals surface area contributed by atoms with E-state index in [-0.39, 0.29) is 0 Å². The number of hydrogen-bond donors (Lipinski definition) is 0. The fraction of sp³-hybridized carbons (Fsp3) is 0.467. The highest BCUT2D eigenvalue weighted by atomic mass is 16.5. The van der Waals surface area contributed by atoms with Crippen LogP contribution in [-0.2, 0) is 6.54 Å². The van der Waals surface area contributed by atoms with Crippen LogP contribution in [-0.4, -0.2) is 36.2 Å². The van der Waals surface area contributed by atoms with E-state index >= 15 is 0 Å². The lowest BCUT2D eigenvalue weighted by atomic mass is 10.2. The minimum atomic E-state index is 0.930. The van der Waals surface area contributed by atoms with Gasteiger partial charge in [-0.15, -0.1) is 0 Å². The molecule has 96 valence electrons. The summed E-state index contributed by atoms with van der Waals surface area (Å²) in [4.78, 5) is 2.55. The molecule has 1 aromatic carbocycles. The van der Waals surface area contributed by atoms with Crippen molar-refractivity contribution >= 4 is 10.9 Å². The van der Waals surface area contributed by atoms with E-state index in [0.29, 0.717) is 0 Å². The number of ether oxygens (including phenoxy) is 1. The standard InChI is InChI=1S/C15H20N2O/c1-18-14-4-5-15-13(12-14)6-9-17(15)11-10-16-7-2-3-8-16/h4-6,9,12H,2-3,7-8,10-11H2,1H3. The van der Waals surface area contributed by atoms with Gasteiger partial charge in [0, 0.05) is 30.2 Å². The zero-order valence-electron chi connectivity index (χ0n) is 10.9. The average Bonchev–Trinajstić information content (AvgIpc) is 3.05. The zero-order valence-corrected chi connectivity index (χ0v) is 10.9. The lowest BCUT2D eigenvalue weighted by Gasteiger charge is -2.15. The number of likely N-dealkylation sites (tertiary alicyclic amines) is 1. The van der Waals surface area contributed by atoms with Crippen molar-refractivity contribution in [2.75, 3.05) is 26.7 Å². The quantitative estimate of drug-likeness (QED) is 0.823. The van der Waals surface area contributed by atoms with Crippen LogP contribution in [0.4, 0.5) is 0 Å². The molecule has 1 aliphatic heterocycles. The van der Waals surface area contributed by atoms with Crippen LogP contribution in [0, 0.1) is 0 Å². The van der Waals surface area contributed by atoms with E-state index in [1.54, 1.807) is 7.11 Å². The Balaban J connectivity index is 1.75. The molecule has 0 aliphatic carbocycles. The van der Waals surface area contributed by atoms with E-state index in [9.17, 15) is 0 Å². The van der Waals surface area contributed by atoms with Crippen LogP contribution < -0.4 is 4.74 Å². The predicted molar refractivity (Wildman–Crippen MR) is 74.2 cm³/mol. The molecule has 0 saturated carbocycles. The van der Waals surface area contributed by atoms with Crippen molar-refractivity contribution in [2.45, 2.75) is 19.4 Å². The second-order valence-electron chi connectivity index (χ2n) is 4.98. The van der Waals surface area contributed by atoms with E-state index < -0.39 is 0 Å². The van der Waals surface area contributed by atoms with Gasteiger partial charge in [0.05, 0.1) is 7.11 Å². The van der Waals surface area contributed by atoms with Crippen LogP contribution in [0.5, 0.6) is 5.75 Å². The molecule has 1 aromatic heterocycles. The minimum absolute atomic E-state index is 0.930. The van der Waals surface area contributed by atoms with Gasteiger partial charge in [0.25, 0.3) is 0 Å². The summed E-state index contributed by atoms with van der Waals surface area (Å²) in [6, 6.07) is 8.45. The number of rotatable bonds is 4. The Morgan fingerprint density at radius 3 is 2.72 bits per heavy atom. The smallest absolute Gasteiger partial charge is 0.119 e. The molecule has 3 rings (SSSR count). The van der Waals surface area contributed by atoms with Crippen LogP contribution in [0.15, 0.2) is 30.5 Å². The van der Waals surface area contributed by atoms with Crippen molar-refractivity contribution < 1.29 is 4.74 Å². The van der Waals surface area contributed by atoms with Crippen LogP contribution in [0.3, 0.4) is 0 Å². The Hall–Kier alpha value is -1.48. The molecule has 0 amide bonds. The van der Waals surface area contributed by atoms with E-state index in [2.05, 4.69) is 33.9 Å². The van der Waals surface area contributed by atoms with Gasteiger partial charge in [0.15, 0.2) is 0 Å². The van der Waals surface area contributed by atoms with Gasteiger partial charge in [-0.3, -0.25) is 0 Å². The molecule has 0 radical (unpaired) electrons. The molecule has 2 heterocycles. The highest BCUT2D eigenvalue weighted by molar-refractivity contribution is 5.81. The van der Waals surface area contributed by atoms with Crippen molar-refractivity contribution in [1.82, 2.24) is 9.47 Å². The molecule has 1 aliphatic rings. The molecule has 1 fully saturated rings. The maximum atomic E-state index is 5.26. The second-order valence-corrected chi connectivity index (χ2v) is 4.98. The molecule has 1 saturated heterocycles. The molecule has 3 heteroatoms. The molecular weight excluding hydrogens is 224 g/mol. The Morgan fingerprint density at radius 2 is 1.94 bits per heavy atom. The number of aromatic nitrogens is 1. The van der Waals surface area contributed by atoms with Gasteiger partial charge in [-0.2, -0.15) is 0 Å². The van der Waals surface area contributed by atoms with Gasteiger partial charge in [-0.1, -0.05) is 0 Å². The molecule has 0 bridgehead atoms. The first-order chi connectivity index (χ1) is 8.86. The molecule has 0 spiro atoms. The molecule has 3 nitrogen and oxygen atoms in total. The van der Waals surface area contributed by atoms with Crippen LogP contribution in [0.1, 0.15) is 12.8 Å². The van der Waals surface area contributed by atoms with Crippen molar-refractivity contribution in [1.29, 1.82) is 0 Å². The predicted octanol–water partition coefficient (Wildman–Crippen LogP) is 2.75. The Bertz CT molecular complexity index is 526. The number of nitrogens with zero attached hydrogens (tertiary/aromatic N) is 2. The fourth-order valence-electron chi connectivity index (χ4n) is 2.76. The van der Waals surface area contributed by atoms with E-state index in [1.165, 1.54) is 36.8 Å². The molecule has 0 N–H and O–H groups in total. The SMILES string of the molecule is COc1ccc2c(ccn2CCN2CCCC2)c1. The molecule has 0 atom stereocenters. The molecular formula is C15H20N2O. The minimum Gasteiger partial charge on any atom is -0.497 e. The summed E-state index contributed by atoms with van der Waals surface area (Å²) in [5, 5.41) is 1.26. The summed E-state index contributed by atoms with van der Waals surface area (Å²) >= 11 is 0. The van der Waals surface area contributed by atoms with Gasteiger partial charge in [0.2, 0.25) is 0 Å². The topological polar surface area (TPSA) is 17.4 Å².